The summed E-state index contributed by atoms with van der Waals surface area (Å²) >= 11 is 8.12. The molecule has 0 amide bonds. The molecule has 0 radical (unpaired) electrons. The van der Waals surface area contributed by atoms with Crippen LogP contribution in [0.2, 0.25) is 0 Å². The largest absolute Gasteiger partial charge is 0.345 e. The molecule has 2 nitrogen and oxygen atoms in total. The van der Waals surface area contributed by atoms with Gasteiger partial charge in [-0.2, -0.15) is 0 Å². The highest BCUT2D eigenvalue weighted by Crippen LogP contribution is 2.31. The van der Waals surface area contributed by atoms with Crippen LogP contribution in [0.4, 0.5) is 8.78 Å². The van der Waals surface area contributed by atoms with Gasteiger partial charge in [0, 0.05) is 5.56 Å². The van der Waals surface area contributed by atoms with Gasteiger partial charge in [0.1, 0.15) is 16.3 Å². The third-order valence-electron chi connectivity index (χ3n) is 2.60. The standard InChI is InChI=1S/C12H9BrF2N2S/c1-2-6-11(16-5-17-12(6)18)9-8(14)4-3-7(13)10(9)15/h3-5H,2H2,1H3,(H,16,17,18). The lowest BCUT2D eigenvalue weighted by molar-refractivity contribution is 0.584. The van der Waals surface area contributed by atoms with E-state index in [2.05, 4.69) is 25.9 Å². The van der Waals surface area contributed by atoms with Crippen molar-refractivity contribution >= 4 is 28.1 Å². The number of nitrogens with one attached hydrogen (secondary N) is 1. The Bertz CT molecular complexity index is 655. The number of aromatic amines is 1. The molecule has 0 saturated carbocycles. The van der Waals surface area contributed by atoms with Crippen molar-refractivity contribution in [2.24, 2.45) is 0 Å². The summed E-state index contributed by atoms with van der Waals surface area (Å²) in [5, 5.41) is 0. The second-order valence-corrected chi connectivity index (χ2v) is 4.87. The van der Waals surface area contributed by atoms with Crippen molar-refractivity contribution in [3.63, 3.8) is 0 Å². The van der Waals surface area contributed by atoms with E-state index in [1.807, 2.05) is 6.92 Å². The molecule has 0 spiro atoms. The van der Waals surface area contributed by atoms with Gasteiger partial charge in [-0.3, -0.25) is 0 Å². The lowest BCUT2D eigenvalue weighted by Gasteiger charge is -2.10. The van der Waals surface area contributed by atoms with E-state index < -0.39 is 11.6 Å². The van der Waals surface area contributed by atoms with Crippen LogP contribution in [0.15, 0.2) is 22.9 Å². The number of hydrogen-bond donors (Lipinski definition) is 1. The molecule has 0 bridgehead atoms. The van der Waals surface area contributed by atoms with Gasteiger partial charge in [-0.15, -0.1) is 0 Å². The molecule has 0 aliphatic rings. The minimum Gasteiger partial charge on any atom is -0.345 e. The average Bonchev–Trinajstić information content (AvgIpc) is 2.35. The third kappa shape index (κ3) is 2.22. The topological polar surface area (TPSA) is 28.7 Å². The summed E-state index contributed by atoms with van der Waals surface area (Å²) in [5.74, 6) is -1.29. The molecule has 1 N–H and O–H groups in total. The van der Waals surface area contributed by atoms with Crippen molar-refractivity contribution in [1.82, 2.24) is 9.97 Å². The predicted molar refractivity (Wildman–Crippen MR) is 71.9 cm³/mol. The zero-order valence-electron chi connectivity index (χ0n) is 9.43. The summed E-state index contributed by atoms with van der Waals surface area (Å²) in [6, 6.07) is 2.54. The maximum absolute atomic E-state index is 14.0. The van der Waals surface area contributed by atoms with E-state index in [1.54, 1.807) is 0 Å². The van der Waals surface area contributed by atoms with Crippen LogP contribution in [-0.2, 0) is 6.42 Å². The molecular formula is C12H9BrF2N2S. The molecule has 0 aliphatic heterocycles. The van der Waals surface area contributed by atoms with Gasteiger partial charge < -0.3 is 4.98 Å². The van der Waals surface area contributed by atoms with Crippen molar-refractivity contribution in [2.75, 3.05) is 0 Å². The molecular weight excluding hydrogens is 322 g/mol. The first kappa shape index (κ1) is 13.3. The Morgan fingerprint density at radius 1 is 1.39 bits per heavy atom. The molecule has 0 saturated heterocycles. The first-order valence-corrected chi connectivity index (χ1v) is 6.46. The first-order chi connectivity index (χ1) is 8.56. The number of rotatable bonds is 2. The molecule has 1 aromatic carbocycles. The molecule has 0 fully saturated rings. The van der Waals surface area contributed by atoms with Crippen molar-refractivity contribution in [1.29, 1.82) is 0 Å². The fraction of sp³-hybridized carbons (Fsp3) is 0.167. The minimum absolute atomic E-state index is 0.116. The molecule has 0 unspecified atom stereocenters. The summed E-state index contributed by atoms with van der Waals surface area (Å²) in [6.45, 7) is 1.86. The van der Waals surface area contributed by atoms with Crippen molar-refractivity contribution in [3.8, 4) is 11.3 Å². The normalized spacial score (nSPS) is 10.7. The van der Waals surface area contributed by atoms with Crippen LogP contribution in [0.1, 0.15) is 12.5 Å². The Morgan fingerprint density at radius 2 is 2.11 bits per heavy atom. The van der Waals surface area contributed by atoms with Crippen LogP contribution in [0.5, 0.6) is 0 Å². The molecule has 2 aromatic rings. The number of aromatic nitrogens is 2. The highest BCUT2D eigenvalue weighted by atomic mass is 79.9. The smallest absolute Gasteiger partial charge is 0.149 e. The Labute approximate surface area is 116 Å². The van der Waals surface area contributed by atoms with E-state index in [0.29, 0.717) is 22.3 Å². The Hall–Kier alpha value is -1.14. The summed E-state index contributed by atoms with van der Waals surface area (Å²) in [7, 11) is 0. The fourth-order valence-corrected chi connectivity index (χ4v) is 2.36. The molecule has 6 heteroatoms. The third-order valence-corrected chi connectivity index (χ3v) is 3.56. The Morgan fingerprint density at radius 3 is 2.78 bits per heavy atom. The number of benzene rings is 1. The predicted octanol–water partition coefficient (Wildman–Crippen LogP) is 4.41. The van der Waals surface area contributed by atoms with Gasteiger partial charge in [0.15, 0.2) is 0 Å². The zero-order chi connectivity index (χ0) is 13.3. The van der Waals surface area contributed by atoms with E-state index in [-0.39, 0.29) is 10.0 Å². The Kier molecular flexibility index (Phi) is 3.87. The van der Waals surface area contributed by atoms with Crippen molar-refractivity contribution in [2.45, 2.75) is 13.3 Å². The number of nitrogens with zero attached hydrogens (tertiary/aromatic N) is 1. The molecule has 1 aromatic heterocycles. The Balaban J connectivity index is 2.81. The van der Waals surface area contributed by atoms with Crippen molar-refractivity contribution < 1.29 is 8.78 Å². The van der Waals surface area contributed by atoms with Crippen LogP contribution in [0.25, 0.3) is 11.3 Å². The van der Waals surface area contributed by atoms with E-state index in [1.165, 1.54) is 18.5 Å². The van der Waals surface area contributed by atoms with Gasteiger partial charge in [0.05, 0.1) is 22.1 Å². The van der Waals surface area contributed by atoms with E-state index >= 15 is 0 Å². The average molecular weight is 331 g/mol. The second-order valence-electron chi connectivity index (χ2n) is 3.63. The highest BCUT2D eigenvalue weighted by Gasteiger charge is 2.18. The maximum Gasteiger partial charge on any atom is 0.149 e. The molecule has 2 rings (SSSR count). The van der Waals surface area contributed by atoms with Crippen LogP contribution in [-0.4, -0.2) is 9.97 Å². The number of halogens is 3. The van der Waals surface area contributed by atoms with Gasteiger partial charge in [0.25, 0.3) is 0 Å². The zero-order valence-corrected chi connectivity index (χ0v) is 11.8. The summed E-state index contributed by atoms with van der Waals surface area (Å²) in [6.07, 6.45) is 1.89. The number of H-pyrrole nitrogens is 1. The monoisotopic (exact) mass is 330 g/mol. The lowest BCUT2D eigenvalue weighted by Crippen LogP contribution is -2.00. The lowest BCUT2D eigenvalue weighted by atomic mass is 10.0. The van der Waals surface area contributed by atoms with Gasteiger partial charge in [0.2, 0.25) is 0 Å². The molecule has 94 valence electrons. The minimum atomic E-state index is -0.651. The van der Waals surface area contributed by atoms with Crippen molar-refractivity contribution in [3.05, 3.63) is 44.8 Å². The van der Waals surface area contributed by atoms with Gasteiger partial charge in [-0.05, 0) is 34.5 Å². The molecule has 0 aliphatic carbocycles. The van der Waals surface area contributed by atoms with E-state index in [0.717, 1.165) is 0 Å². The first-order valence-electron chi connectivity index (χ1n) is 5.26. The van der Waals surface area contributed by atoms with Gasteiger partial charge >= 0.3 is 0 Å². The second kappa shape index (κ2) is 5.24. The highest BCUT2D eigenvalue weighted by molar-refractivity contribution is 9.10. The van der Waals surface area contributed by atoms with Crippen LogP contribution < -0.4 is 0 Å². The quantitative estimate of drug-likeness (QED) is 0.652. The summed E-state index contributed by atoms with van der Waals surface area (Å²) < 4.78 is 28.4. The van der Waals surface area contributed by atoms with E-state index in [4.69, 9.17) is 12.2 Å². The molecule has 1 heterocycles. The van der Waals surface area contributed by atoms with Gasteiger partial charge in [-0.25, -0.2) is 13.8 Å². The fourth-order valence-electron chi connectivity index (χ4n) is 1.73. The van der Waals surface area contributed by atoms with Crippen LogP contribution in [0, 0.1) is 16.3 Å². The summed E-state index contributed by atoms with van der Waals surface area (Å²) in [4.78, 5) is 6.70. The van der Waals surface area contributed by atoms with Crippen LogP contribution >= 0.6 is 28.1 Å². The van der Waals surface area contributed by atoms with Crippen LogP contribution in [0.3, 0.4) is 0 Å². The summed E-state index contributed by atoms with van der Waals surface area (Å²) in [5.41, 5.74) is 0.854. The maximum atomic E-state index is 14.0. The number of hydrogen-bond acceptors (Lipinski definition) is 2. The van der Waals surface area contributed by atoms with E-state index in [9.17, 15) is 8.78 Å². The molecule has 0 atom stereocenters. The van der Waals surface area contributed by atoms with Gasteiger partial charge in [-0.1, -0.05) is 19.1 Å². The molecule has 18 heavy (non-hydrogen) atoms. The SMILES string of the molecule is CCc1c(-c2c(F)ccc(Br)c2F)[nH]cnc1=S.